The molecule has 1 aromatic rings. The Hall–Kier alpha value is -0.880. The normalized spacial score (nSPS) is 24.3. The summed E-state index contributed by atoms with van der Waals surface area (Å²) in [5, 5.41) is 4.11. The van der Waals surface area contributed by atoms with E-state index in [9.17, 15) is 4.79 Å². The van der Waals surface area contributed by atoms with E-state index in [1.165, 1.54) is 0 Å². The van der Waals surface area contributed by atoms with E-state index in [-0.39, 0.29) is 18.5 Å². The van der Waals surface area contributed by atoms with Crippen LogP contribution in [0.5, 0.6) is 0 Å². The zero-order chi connectivity index (χ0) is 13.1. The zero-order valence-corrected chi connectivity index (χ0v) is 12.1. The highest BCUT2D eigenvalue weighted by Gasteiger charge is 2.28. The molecule has 18 heavy (non-hydrogen) atoms. The maximum atomic E-state index is 12.2. The van der Waals surface area contributed by atoms with Crippen molar-refractivity contribution >= 4 is 21.8 Å². The van der Waals surface area contributed by atoms with Gasteiger partial charge in [-0.25, -0.2) is 0 Å². The third kappa shape index (κ3) is 3.11. The molecule has 100 valence electrons. The summed E-state index contributed by atoms with van der Waals surface area (Å²) in [7, 11) is 0. The Morgan fingerprint density at radius 1 is 1.67 bits per heavy atom. The summed E-state index contributed by atoms with van der Waals surface area (Å²) in [4.78, 5) is 14.2. The molecule has 2 N–H and O–H groups in total. The first-order valence-corrected chi connectivity index (χ1v) is 7.07. The third-order valence-corrected chi connectivity index (χ3v) is 3.88. The number of rotatable bonds is 3. The maximum absolute atomic E-state index is 12.2. The lowest BCUT2D eigenvalue weighted by Crippen LogP contribution is -2.50. The van der Waals surface area contributed by atoms with Crippen LogP contribution in [0.4, 0.5) is 0 Å². The average Bonchev–Trinajstić information content (AvgIpc) is 2.74. The van der Waals surface area contributed by atoms with Crippen LogP contribution in [0.3, 0.4) is 0 Å². The first-order chi connectivity index (χ1) is 8.60. The van der Waals surface area contributed by atoms with Crippen molar-refractivity contribution in [3.05, 3.63) is 16.9 Å². The molecular weight excluding hydrogens is 296 g/mol. The van der Waals surface area contributed by atoms with Gasteiger partial charge in [0.15, 0.2) is 0 Å². The number of amides is 1. The second-order valence-electron chi connectivity index (χ2n) is 4.96. The predicted molar refractivity (Wildman–Crippen MR) is 72.9 cm³/mol. The molecule has 0 radical (unpaired) electrons. The number of nitrogens with zero attached hydrogens (tertiary/aromatic N) is 3. The molecule has 1 amide bonds. The summed E-state index contributed by atoms with van der Waals surface area (Å²) in [6.45, 7) is 3.86. The Morgan fingerprint density at radius 2 is 2.44 bits per heavy atom. The second kappa shape index (κ2) is 5.84. The lowest BCUT2D eigenvalue weighted by molar-refractivity contribution is -0.136. The van der Waals surface area contributed by atoms with E-state index in [0.717, 1.165) is 23.9 Å². The van der Waals surface area contributed by atoms with Gasteiger partial charge >= 0.3 is 0 Å². The number of carbonyl (C=O) groups is 1. The number of aromatic nitrogens is 2. The molecular formula is C12H19BrN4O. The summed E-state index contributed by atoms with van der Waals surface area (Å²) in [6.07, 6.45) is 5.56. The Balaban J connectivity index is 1.99. The van der Waals surface area contributed by atoms with Gasteiger partial charge in [-0.15, -0.1) is 0 Å². The molecule has 1 saturated heterocycles. The molecule has 0 aromatic carbocycles. The van der Waals surface area contributed by atoms with E-state index in [0.29, 0.717) is 12.5 Å². The molecule has 6 heteroatoms. The Kier molecular flexibility index (Phi) is 4.40. The summed E-state index contributed by atoms with van der Waals surface area (Å²) in [5.74, 6) is 0.759. The SMILES string of the molecule is CC1CCN(C(=O)Cn2cc(Br)cn2)C(CN)C1. The van der Waals surface area contributed by atoms with Crippen LogP contribution in [-0.2, 0) is 11.3 Å². The summed E-state index contributed by atoms with van der Waals surface area (Å²) < 4.78 is 2.54. The van der Waals surface area contributed by atoms with Crippen molar-refractivity contribution in [3.8, 4) is 0 Å². The standard InChI is InChI=1S/C12H19BrN4O/c1-9-2-3-17(11(4-9)5-14)12(18)8-16-7-10(13)6-15-16/h6-7,9,11H,2-5,8,14H2,1H3. The number of hydrogen-bond donors (Lipinski definition) is 1. The van der Waals surface area contributed by atoms with E-state index in [1.54, 1.807) is 10.9 Å². The Bertz CT molecular complexity index is 420. The lowest BCUT2D eigenvalue weighted by Gasteiger charge is -2.38. The van der Waals surface area contributed by atoms with Crippen molar-refractivity contribution in [2.75, 3.05) is 13.1 Å². The molecule has 1 aromatic heterocycles. The van der Waals surface area contributed by atoms with Crippen molar-refractivity contribution in [3.63, 3.8) is 0 Å². The number of nitrogens with two attached hydrogens (primary N) is 1. The molecule has 0 bridgehead atoms. The molecule has 2 rings (SSSR count). The molecule has 0 spiro atoms. The van der Waals surface area contributed by atoms with Crippen LogP contribution in [0.25, 0.3) is 0 Å². The van der Waals surface area contributed by atoms with E-state index in [2.05, 4.69) is 28.0 Å². The molecule has 2 atom stereocenters. The van der Waals surface area contributed by atoms with Crippen molar-refractivity contribution in [2.45, 2.75) is 32.4 Å². The zero-order valence-electron chi connectivity index (χ0n) is 10.6. The summed E-state index contributed by atoms with van der Waals surface area (Å²) in [5.41, 5.74) is 5.77. The van der Waals surface area contributed by atoms with Crippen LogP contribution in [0.15, 0.2) is 16.9 Å². The Morgan fingerprint density at radius 3 is 3.06 bits per heavy atom. The molecule has 1 aliphatic heterocycles. The van der Waals surface area contributed by atoms with Crippen LogP contribution in [-0.4, -0.2) is 39.7 Å². The first kappa shape index (κ1) is 13.5. The van der Waals surface area contributed by atoms with E-state index in [4.69, 9.17) is 5.73 Å². The fraction of sp³-hybridized carbons (Fsp3) is 0.667. The van der Waals surface area contributed by atoms with Gasteiger partial charge in [0, 0.05) is 25.3 Å². The van der Waals surface area contributed by atoms with Crippen LogP contribution in [0.2, 0.25) is 0 Å². The lowest BCUT2D eigenvalue weighted by atomic mass is 9.92. The fourth-order valence-electron chi connectivity index (χ4n) is 2.46. The molecule has 2 unspecified atom stereocenters. The molecule has 5 nitrogen and oxygen atoms in total. The van der Waals surface area contributed by atoms with E-state index >= 15 is 0 Å². The smallest absolute Gasteiger partial charge is 0.244 e. The van der Waals surface area contributed by atoms with E-state index in [1.807, 2.05) is 11.1 Å². The minimum atomic E-state index is 0.105. The quantitative estimate of drug-likeness (QED) is 0.912. The van der Waals surface area contributed by atoms with Crippen LogP contribution in [0.1, 0.15) is 19.8 Å². The number of piperidine rings is 1. The van der Waals surface area contributed by atoms with Crippen molar-refractivity contribution < 1.29 is 4.79 Å². The summed E-state index contributed by atoms with van der Waals surface area (Å²) in [6, 6.07) is 0.181. The van der Waals surface area contributed by atoms with Gasteiger partial charge in [-0.3, -0.25) is 9.48 Å². The van der Waals surface area contributed by atoms with Gasteiger partial charge in [-0.2, -0.15) is 5.10 Å². The van der Waals surface area contributed by atoms with Crippen molar-refractivity contribution in [1.29, 1.82) is 0 Å². The molecule has 2 heterocycles. The van der Waals surface area contributed by atoms with Crippen LogP contribution < -0.4 is 5.73 Å². The van der Waals surface area contributed by atoms with Crippen molar-refractivity contribution in [1.82, 2.24) is 14.7 Å². The largest absolute Gasteiger partial charge is 0.337 e. The van der Waals surface area contributed by atoms with Gasteiger partial charge < -0.3 is 10.6 Å². The highest BCUT2D eigenvalue weighted by Crippen LogP contribution is 2.22. The average molecular weight is 315 g/mol. The van der Waals surface area contributed by atoms with Gasteiger partial charge in [-0.05, 0) is 34.7 Å². The minimum absolute atomic E-state index is 0.105. The van der Waals surface area contributed by atoms with Crippen LogP contribution in [0, 0.1) is 5.92 Å². The first-order valence-electron chi connectivity index (χ1n) is 6.27. The number of halogens is 1. The highest BCUT2D eigenvalue weighted by molar-refractivity contribution is 9.10. The van der Waals surface area contributed by atoms with Gasteiger partial charge in [0.05, 0.1) is 10.7 Å². The van der Waals surface area contributed by atoms with Gasteiger partial charge in [0.25, 0.3) is 0 Å². The van der Waals surface area contributed by atoms with Crippen LogP contribution >= 0.6 is 15.9 Å². The second-order valence-corrected chi connectivity index (χ2v) is 5.88. The summed E-state index contributed by atoms with van der Waals surface area (Å²) >= 11 is 3.32. The number of carbonyl (C=O) groups excluding carboxylic acids is 1. The maximum Gasteiger partial charge on any atom is 0.244 e. The monoisotopic (exact) mass is 314 g/mol. The number of likely N-dealkylation sites (tertiary alicyclic amines) is 1. The molecule has 0 aliphatic carbocycles. The molecule has 1 aliphatic rings. The van der Waals surface area contributed by atoms with Gasteiger partial charge in [0.2, 0.25) is 5.91 Å². The predicted octanol–water partition coefficient (Wildman–Crippen LogP) is 1.23. The topological polar surface area (TPSA) is 64.2 Å². The number of hydrogen-bond acceptors (Lipinski definition) is 3. The highest BCUT2D eigenvalue weighted by atomic mass is 79.9. The Labute approximate surface area is 115 Å². The van der Waals surface area contributed by atoms with Gasteiger partial charge in [0.1, 0.15) is 6.54 Å². The van der Waals surface area contributed by atoms with Gasteiger partial charge in [-0.1, -0.05) is 6.92 Å². The minimum Gasteiger partial charge on any atom is -0.337 e. The van der Waals surface area contributed by atoms with Crippen molar-refractivity contribution in [2.24, 2.45) is 11.7 Å². The molecule has 1 fully saturated rings. The third-order valence-electron chi connectivity index (χ3n) is 3.47. The fourth-order valence-corrected chi connectivity index (χ4v) is 2.79. The van der Waals surface area contributed by atoms with E-state index < -0.39 is 0 Å². The molecule has 0 saturated carbocycles.